The zero-order chi connectivity index (χ0) is 28.5. The van der Waals surface area contributed by atoms with Crippen molar-refractivity contribution in [1.82, 2.24) is 0 Å². The number of carbonyl (C=O) groups excluding carboxylic acids is 2. The molecule has 0 amide bonds. The zero-order valence-electron chi connectivity index (χ0n) is 23.7. The van der Waals surface area contributed by atoms with Crippen molar-refractivity contribution in [3.63, 3.8) is 0 Å². The van der Waals surface area contributed by atoms with Crippen molar-refractivity contribution in [2.24, 2.45) is 0 Å². The van der Waals surface area contributed by atoms with Crippen LogP contribution in [0.4, 0.5) is 0 Å². The SMILES string of the molecule is CCCCCCCCCCCCCCCC(=O)OC(CO)COP(=O)(O)OCC(CO)OC(=O)CCCC. The maximum Gasteiger partial charge on any atom is 0.472 e. The Labute approximate surface area is 229 Å². The Balaban J connectivity index is 3.96. The van der Waals surface area contributed by atoms with Gasteiger partial charge in [-0.1, -0.05) is 97.3 Å². The number of rotatable bonds is 27. The molecule has 0 saturated heterocycles. The van der Waals surface area contributed by atoms with Crippen molar-refractivity contribution in [1.29, 1.82) is 0 Å². The van der Waals surface area contributed by atoms with Gasteiger partial charge in [-0.2, -0.15) is 0 Å². The van der Waals surface area contributed by atoms with Crippen LogP contribution >= 0.6 is 7.82 Å². The summed E-state index contributed by atoms with van der Waals surface area (Å²) in [5.41, 5.74) is 0. The summed E-state index contributed by atoms with van der Waals surface area (Å²) in [7, 11) is -4.59. The van der Waals surface area contributed by atoms with Gasteiger partial charge in [0.1, 0.15) is 12.2 Å². The molecular formula is C27H53O10P. The van der Waals surface area contributed by atoms with E-state index in [2.05, 4.69) is 6.92 Å². The quantitative estimate of drug-likeness (QED) is 0.0649. The minimum Gasteiger partial charge on any atom is -0.457 e. The van der Waals surface area contributed by atoms with Crippen LogP contribution in [0.5, 0.6) is 0 Å². The van der Waals surface area contributed by atoms with Crippen molar-refractivity contribution < 1.29 is 47.8 Å². The summed E-state index contributed by atoms with van der Waals surface area (Å²) in [5, 5.41) is 18.7. The molecule has 0 heterocycles. The largest absolute Gasteiger partial charge is 0.472 e. The third-order valence-corrected chi connectivity index (χ3v) is 7.02. The van der Waals surface area contributed by atoms with Crippen LogP contribution in [0.15, 0.2) is 0 Å². The molecule has 3 unspecified atom stereocenters. The predicted molar refractivity (Wildman–Crippen MR) is 145 cm³/mol. The van der Waals surface area contributed by atoms with Crippen LogP contribution in [0, 0.1) is 0 Å². The third kappa shape index (κ3) is 22.9. The van der Waals surface area contributed by atoms with E-state index >= 15 is 0 Å². The highest BCUT2D eigenvalue weighted by atomic mass is 31.2. The normalized spacial score (nSPS) is 14.6. The lowest BCUT2D eigenvalue weighted by Crippen LogP contribution is -2.28. The first kappa shape index (κ1) is 37.0. The number of carbonyl (C=O) groups is 2. The number of hydrogen-bond acceptors (Lipinski definition) is 9. The molecule has 226 valence electrons. The van der Waals surface area contributed by atoms with Crippen molar-refractivity contribution >= 4 is 19.8 Å². The molecular weight excluding hydrogens is 515 g/mol. The second-order valence-electron chi connectivity index (χ2n) is 9.75. The Morgan fingerprint density at radius 3 is 1.32 bits per heavy atom. The van der Waals surface area contributed by atoms with Crippen molar-refractivity contribution in [3.8, 4) is 0 Å². The molecule has 10 nitrogen and oxygen atoms in total. The monoisotopic (exact) mass is 568 g/mol. The Morgan fingerprint density at radius 2 is 0.947 bits per heavy atom. The number of aliphatic hydroxyl groups is 2. The lowest BCUT2D eigenvalue weighted by atomic mass is 10.0. The van der Waals surface area contributed by atoms with E-state index < -0.39 is 58.4 Å². The number of phosphoric ester groups is 1. The topological polar surface area (TPSA) is 149 Å². The summed E-state index contributed by atoms with van der Waals surface area (Å²) < 4.78 is 31.8. The van der Waals surface area contributed by atoms with Crippen molar-refractivity contribution in [2.75, 3.05) is 26.4 Å². The van der Waals surface area contributed by atoms with Gasteiger partial charge in [-0.3, -0.25) is 18.6 Å². The zero-order valence-corrected chi connectivity index (χ0v) is 24.5. The van der Waals surface area contributed by atoms with E-state index in [0.29, 0.717) is 12.8 Å². The minimum absolute atomic E-state index is 0.170. The van der Waals surface area contributed by atoms with Gasteiger partial charge in [-0.05, 0) is 12.8 Å². The second kappa shape index (κ2) is 25.0. The molecule has 3 atom stereocenters. The van der Waals surface area contributed by atoms with Gasteiger partial charge in [-0.25, -0.2) is 4.57 Å². The molecule has 3 N–H and O–H groups in total. The third-order valence-electron chi connectivity index (χ3n) is 6.07. The lowest BCUT2D eigenvalue weighted by Gasteiger charge is -2.20. The summed E-state index contributed by atoms with van der Waals surface area (Å²) in [4.78, 5) is 33.5. The minimum atomic E-state index is -4.59. The molecule has 0 saturated carbocycles. The number of unbranched alkanes of at least 4 members (excludes halogenated alkanes) is 13. The van der Waals surface area contributed by atoms with E-state index in [1.807, 2.05) is 6.92 Å². The number of phosphoric acid groups is 1. The highest BCUT2D eigenvalue weighted by Crippen LogP contribution is 2.43. The summed E-state index contributed by atoms with van der Waals surface area (Å²) >= 11 is 0. The van der Waals surface area contributed by atoms with Gasteiger partial charge in [0.2, 0.25) is 0 Å². The Kier molecular flexibility index (Phi) is 24.3. The molecule has 0 bridgehead atoms. The number of hydrogen-bond donors (Lipinski definition) is 3. The standard InChI is InChI=1S/C27H53O10P/c1-3-5-7-8-9-10-11-12-13-14-15-16-17-19-27(31)37-25(21-29)23-35-38(32,33)34-22-24(20-28)36-26(30)18-6-4-2/h24-25,28-29H,3-23H2,1-2H3,(H,32,33). The predicted octanol–water partition coefficient (Wildman–Crippen LogP) is 5.60. The van der Waals surface area contributed by atoms with Gasteiger partial charge in [0.05, 0.1) is 26.4 Å². The van der Waals surface area contributed by atoms with Crippen LogP contribution in [0.1, 0.15) is 123 Å². The molecule has 0 spiro atoms. The fraction of sp³-hybridized carbons (Fsp3) is 0.926. The summed E-state index contributed by atoms with van der Waals surface area (Å²) in [6.07, 6.45) is 15.1. The first-order valence-corrected chi connectivity index (χ1v) is 16.0. The molecule has 38 heavy (non-hydrogen) atoms. The number of aliphatic hydroxyl groups excluding tert-OH is 2. The second-order valence-corrected chi connectivity index (χ2v) is 11.2. The summed E-state index contributed by atoms with van der Waals surface area (Å²) in [6.45, 7) is 1.87. The summed E-state index contributed by atoms with van der Waals surface area (Å²) in [6, 6.07) is 0. The fourth-order valence-corrected chi connectivity index (χ4v) is 4.52. The van der Waals surface area contributed by atoms with Gasteiger partial charge < -0.3 is 24.6 Å². The molecule has 0 aromatic carbocycles. The summed E-state index contributed by atoms with van der Waals surface area (Å²) in [5.74, 6) is -1.05. The van der Waals surface area contributed by atoms with Gasteiger partial charge in [-0.15, -0.1) is 0 Å². The van der Waals surface area contributed by atoms with Crippen molar-refractivity contribution in [3.05, 3.63) is 0 Å². The van der Waals surface area contributed by atoms with E-state index in [9.17, 15) is 29.3 Å². The van der Waals surface area contributed by atoms with E-state index in [4.69, 9.17) is 18.5 Å². The first-order valence-electron chi connectivity index (χ1n) is 14.5. The van der Waals surface area contributed by atoms with Gasteiger partial charge >= 0.3 is 19.8 Å². The smallest absolute Gasteiger partial charge is 0.457 e. The molecule has 0 aliphatic rings. The fourth-order valence-electron chi connectivity index (χ4n) is 3.74. The lowest BCUT2D eigenvalue weighted by molar-refractivity contribution is -0.153. The molecule has 0 aliphatic heterocycles. The van der Waals surface area contributed by atoms with E-state index in [1.165, 1.54) is 57.8 Å². The molecule has 0 radical (unpaired) electrons. The number of esters is 2. The van der Waals surface area contributed by atoms with E-state index in [-0.39, 0.29) is 12.8 Å². The van der Waals surface area contributed by atoms with Crippen LogP contribution < -0.4 is 0 Å². The van der Waals surface area contributed by atoms with Crippen LogP contribution in [0.2, 0.25) is 0 Å². The number of ether oxygens (including phenoxy) is 2. The van der Waals surface area contributed by atoms with E-state index in [1.54, 1.807) is 0 Å². The van der Waals surface area contributed by atoms with Gasteiger partial charge in [0.15, 0.2) is 0 Å². The Morgan fingerprint density at radius 1 is 0.605 bits per heavy atom. The van der Waals surface area contributed by atoms with Crippen LogP contribution in [-0.2, 0) is 32.7 Å². The van der Waals surface area contributed by atoms with Crippen LogP contribution in [0.25, 0.3) is 0 Å². The highest BCUT2D eigenvalue weighted by Gasteiger charge is 2.27. The van der Waals surface area contributed by atoms with Crippen LogP contribution in [-0.4, -0.2) is 65.7 Å². The Bertz CT molecular complexity index is 631. The van der Waals surface area contributed by atoms with Crippen molar-refractivity contribution in [2.45, 2.75) is 135 Å². The average Bonchev–Trinajstić information content (AvgIpc) is 2.90. The molecule has 0 aromatic rings. The van der Waals surface area contributed by atoms with Gasteiger partial charge in [0.25, 0.3) is 0 Å². The molecule has 0 aliphatic carbocycles. The van der Waals surface area contributed by atoms with E-state index in [0.717, 1.165) is 25.7 Å². The maximum absolute atomic E-state index is 12.1. The van der Waals surface area contributed by atoms with Gasteiger partial charge in [0, 0.05) is 12.8 Å². The molecule has 0 aromatic heterocycles. The molecule has 11 heteroatoms. The molecule has 0 fully saturated rings. The highest BCUT2D eigenvalue weighted by molar-refractivity contribution is 7.47. The molecule has 0 rings (SSSR count). The van der Waals surface area contributed by atoms with Crippen LogP contribution in [0.3, 0.4) is 0 Å². The first-order chi connectivity index (χ1) is 18.3. The maximum atomic E-state index is 12.1. The average molecular weight is 569 g/mol. The Hall–Kier alpha value is -1.03.